The third-order valence-corrected chi connectivity index (χ3v) is 3.68. The Morgan fingerprint density at radius 1 is 1.38 bits per heavy atom. The van der Waals surface area contributed by atoms with Crippen molar-refractivity contribution >= 4 is 15.9 Å². The Kier molecular flexibility index (Phi) is 4.51. The van der Waals surface area contributed by atoms with Gasteiger partial charge in [-0.1, -0.05) is 36.7 Å². The lowest BCUT2D eigenvalue weighted by molar-refractivity contribution is 0.285. The molecule has 0 heterocycles. The third kappa shape index (κ3) is 3.87. The summed E-state index contributed by atoms with van der Waals surface area (Å²) in [6.45, 7) is 9.38. The van der Waals surface area contributed by atoms with Crippen molar-refractivity contribution in [1.82, 2.24) is 5.32 Å². The molecule has 0 aromatic heterocycles. The van der Waals surface area contributed by atoms with Crippen LogP contribution in [0, 0.1) is 11.2 Å². The first-order valence-corrected chi connectivity index (χ1v) is 6.27. The van der Waals surface area contributed by atoms with Crippen LogP contribution in [0.3, 0.4) is 0 Å². The summed E-state index contributed by atoms with van der Waals surface area (Å²) in [6.07, 6.45) is 0. The van der Waals surface area contributed by atoms with E-state index in [1.165, 1.54) is 6.07 Å². The highest BCUT2D eigenvalue weighted by Crippen LogP contribution is 2.21. The maximum Gasteiger partial charge on any atom is 0.123 e. The van der Waals surface area contributed by atoms with Gasteiger partial charge in [-0.05, 0) is 36.1 Å². The molecule has 1 aromatic rings. The van der Waals surface area contributed by atoms with Crippen molar-refractivity contribution in [2.45, 2.75) is 40.3 Å². The van der Waals surface area contributed by atoms with Crippen LogP contribution in [0.2, 0.25) is 0 Å². The number of rotatable bonds is 3. The number of benzene rings is 1. The monoisotopic (exact) mass is 287 g/mol. The second kappa shape index (κ2) is 5.28. The molecule has 0 aliphatic carbocycles. The number of nitrogens with one attached hydrogen (secondary N) is 1. The Hall–Kier alpha value is -0.410. The van der Waals surface area contributed by atoms with Crippen molar-refractivity contribution in [2.24, 2.45) is 5.41 Å². The zero-order valence-electron chi connectivity index (χ0n) is 10.3. The van der Waals surface area contributed by atoms with Crippen LogP contribution in [0.1, 0.15) is 33.3 Å². The van der Waals surface area contributed by atoms with Gasteiger partial charge in [-0.2, -0.15) is 0 Å². The Labute approximate surface area is 106 Å². The molecule has 1 rings (SSSR count). The van der Waals surface area contributed by atoms with E-state index in [1.54, 1.807) is 12.1 Å². The first kappa shape index (κ1) is 13.7. The molecule has 0 spiro atoms. The second-order valence-corrected chi connectivity index (χ2v) is 6.06. The van der Waals surface area contributed by atoms with Crippen LogP contribution in [0.25, 0.3) is 0 Å². The largest absolute Gasteiger partial charge is 0.310 e. The third-order valence-electron chi connectivity index (χ3n) is 2.91. The molecule has 16 heavy (non-hydrogen) atoms. The van der Waals surface area contributed by atoms with E-state index in [9.17, 15) is 4.39 Å². The van der Waals surface area contributed by atoms with Crippen molar-refractivity contribution in [3.8, 4) is 0 Å². The van der Waals surface area contributed by atoms with Crippen molar-refractivity contribution in [3.63, 3.8) is 0 Å². The maximum absolute atomic E-state index is 13.1. The van der Waals surface area contributed by atoms with Crippen molar-refractivity contribution < 1.29 is 4.39 Å². The van der Waals surface area contributed by atoms with Gasteiger partial charge in [-0.3, -0.25) is 0 Å². The second-order valence-electron chi connectivity index (χ2n) is 5.20. The van der Waals surface area contributed by atoms with Gasteiger partial charge >= 0.3 is 0 Å². The summed E-state index contributed by atoms with van der Waals surface area (Å²) in [5, 5.41) is 3.41. The minimum atomic E-state index is -0.191. The van der Waals surface area contributed by atoms with Gasteiger partial charge in [0.1, 0.15) is 5.82 Å². The maximum atomic E-state index is 13.1. The molecular formula is C13H19BrFN. The highest BCUT2D eigenvalue weighted by Gasteiger charge is 2.19. The van der Waals surface area contributed by atoms with E-state index in [-0.39, 0.29) is 11.2 Å². The highest BCUT2D eigenvalue weighted by atomic mass is 79.9. The summed E-state index contributed by atoms with van der Waals surface area (Å²) < 4.78 is 14.0. The van der Waals surface area contributed by atoms with Crippen LogP contribution in [0.4, 0.5) is 4.39 Å². The summed E-state index contributed by atoms with van der Waals surface area (Å²) in [6, 6.07) is 5.14. The molecule has 1 atom stereocenters. The smallest absolute Gasteiger partial charge is 0.123 e. The zero-order valence-corrected chi connectivity index (χ0v) is 11.9. The van der Waals surface area contributed by atoms with E-state index < -0.39 is 0 Å². The fourth-order valence-corrected chi connectivity index (χ4v) is 1.63. The lowest BCUT2D eigenvalue weighted by Gasteiger charge is -2.28. The molecule has 1 N–H and O–H groups in total. The number of hydrogen-bond acceptors (Lipinski definition) is 1. The molecule has 0 aliphatic heterocycles. The van der Waals surface area contributed by atoms with Gasteiger partial charge in [0.2, 0.25) is 0 Å². The van der Waals surface area contributed by atoms with Crippen molar-refractivity contribution in [2.75, 3.05) is 0 Å². The highest BCUT2D eigenvalue weighted by molar-refractivity contribution is 9.10. The SMILES string of the molecule is CC(NCc1cc(F)ccc1Br)C(C)(C)C. The first-order valence-electron chi connectivity index (χ1n) is 5.48. The minimum absolute atomic E-state index is 0.191. The predicted molar refractivity (Wildman–Crippen MR) is 69.9 cm³/mol. The van der Waals surface area contributed by atoms with Crippen LogP contribution < -0.4 is 5.32 Å². The summed E-state index contributed by atoms with van der Waals surface area (Å²) >= 11 is 3.42. The fraction of sp³-hybridized carbons (Fsp3) is 0.538. The lowest BCUT2D eigenvalue weighted by Crippen LogP contribution is -2.37. The average molecular weight is 288 g/mol. The van der Waals surface area contributed by atoms with Crippen LogP contribution in [0.15, 0.2) is 22.7 Å². The molecule has 0 saturated carbocycles. The summed E-state index contributed by atoms with van der Waals surface area (Å²) in [5.74, 6) is -0.191. The summed E-state index contributed by atoms with van der Waals surface area (Å²) in [4.78, 5) is 0. The van der Waals surface area contributed by atoms with Crippen LogP contribution in [-0.4, -0.2) is 6.04 Å². The minimum Gasteiger partial charge on any atom is -0.310 e. The van der Waals surface area contributed by atoms with Gasteiger partial charge in [0.25, 0.3) is 0 Å². The average Bonchev–Trinajstić information content (AvgIpc) is 2.17. The predicted octanol–water partition coefficient (Wildman–Crippen LogP) is 4.11. The van der Waals surface area contributed by atoms with Gasteiger partial charge in [-0.25, -0.2) is 4.39 Å². The molecule has 0 radical (unpaired) electrons. The van der Waals surface area contributed by atoms with Crippen molar-refractivity contribution in [3.05, 3.63) is 34.1 Å². The van der Waals surface area contributed by atoms with E-state index in [4.69, 9.17) is 0 Å². The Morgan fingerprint density at radius 3 is 2.56 bits per heavy atom. The number of hydrogen-bond donors (Lipinski definition) is 1. The van der Waals surface area contributed by atoms with Gasteiger partial charge in [-0.15, -0.1) is 0 Å². The Morgan fingerprint density at radius 2 is 2.00 bits per heavy atom. The molecule has 0 fully saturated rings. The molecule has 1 unspecified atom stereocenters. The molecule has 0 aliphatic rings. The van der Waals surface area contributed by atoms with Gasteiger partial charge in [0, 0.05) is 17.1 Å². The summed E-state index contributed by atoms with van der Waals surface area (Å²) in [7, 11) is 0. The molecule has 1 aromatic carbocycles. The standard InChI is InChI=1S/C13H19BrFN/c1-9(13(2,3)4)16-8-10-7-11(15)5-6-12(10)14/h5-7,9,16H,8H2,1-4H3. The normalized spacial score (nSPS) is 13.9. The van der Waals surface area contributed by atoms with E-state index in [0.717, 1.165) is 10.0 Å². The van der Waals surface area contributed by atoms with E-state index in [1.807, 2.05) is 0 Å². The topological polar surface area (TPSA) is 12.0 Å². The zero-order chi connectivity index (χ0) is 12.3. The molecule has 0 saturated heterocycles. The van der Waals surface area contributed by atoms with E-state index >= 15 is 0 Å². The van der Waals surface area contributed by atoms with E-state index in [2.05, 4.69) is 48.9 Å². The van der Waals surface area contributed by atoms with Crippen LogP contribution in [0.5, 0.6) is 0 Å². The number of halogens is 2. The Balaban J connectivity index is 2.64. The molecule has 0 bridgehead atoms. The van der Waals surface area contributed by atoms with E-state index in [0.29, 0.717) is 12.6 Å². The van der Waals surface area contributed by atoms with Crippen molar-refractivity contribution in [1.29, 1.82) is 0 Å². The molecule has 3 heteroatoms. The molecule has 0 amide bonds. The van der Waals surface area contributed by atoms with Crippen LogP contribution in [-0.2, 0) is 6.54 Å². The molecule has 1 nitrogen and oxygen atoms in total. The van der Waals surface area contributed by atoms with Gasteiger partial charge < -0.3 is 5.32 Å². The molecular weight excluding hydrogens is 269 g/mol. The van der Waals surface area contributed by atoms with Crippen LogP contribution >= 0.6 is 15.9 Å². The Bertz CT molecular complexity index is 357. The fourth-order valence-electron chi connectivity index (χ4n) is 1.25. The summed E-state index contributed by atoms with van der Waals surface area (Å²) in [5.41, 5.74) is 1.16. The van der Waals surface area contributed by atoms with Gasteiger partial charge in [0.05, 0.1) is 0 Å². The quantitative estimate of drug-likeness (QED) is 0.882. The van der Waals surface area contributed by atoms with Gasteiger partial charge in [0.15, 0.2) is 0 Å². The lowest BCUT2D eigenvalue weighted by atomic mass is 9.88. The first-order chi connectivity index (χ1) is 7.30. The molecule has 90 valence electrons.